The number of furan rings is 1. The number of carbonyl (C=O) groups is 1. The van der Waals surface area contributed by atoms with Gasteiger partial charge in [0.1, 0.15) is 18.1 Å². The minimum Gasteiger partial charge on any atom is -0.459 e. The second kappa shape index (κ2) is 8.33. The number of hydrogen-bond acceptors (Lipinski definition) is 4. The second-order valence-electron chi connectivity index (χ2n) is 5.70. The van der Waals surface area contributed by atoms with Gasteiger partial charge in [-0.1, -0.05) is 23.7 Å². The quantitative estimate of drug-likeness (QED) is 0.832. The fourth-order valence-electron chi connectivity index (χ4n) is 2.57. The van der Waals surface area contributed by atoms with Gasteiger partial charge in [-0.3, -0.25) is 4.79 Å². The van der Waals surface area contributed by atoms with Crippen molar-refractivity contribution in [2.45, 2.75) is 25.5 Å². The highest BCUT2D eigenvalue weighted by Crippen LogP contribution is 2.24. The van der Waals surface area contributed by atoms with Gasteiger partial charge >= 0.3 is 0 Å². The Bertz CT molecular complexity index is 679. The molecule has 1 aromatic carbocycles. The number of benzene rings is 1. The predicted molar refractivity (Wildman–Crippen MR) is 90.8 cm³/mol. The minimum absolute atomic E-state index is 0.0295. The van der Waals surface area contributed by atoms with E-state index in [1.165, 1.54) is 0 Å². The lowest BCUT2D eigenvalue weighted by Gasteiger charge is -2.09. The molecule has 0 saturated carbocycles. The molecule has 1 aliphatic heterocycles. The van der Waals surface area contributed by atoms with E-state index < -0.39 is 0 Å². The third-order valence-electron chi connectivity index (χ3n) is 3.79. The van der Waals surface area contributed by atoms with Crippen LogP contribution in [-0.4, -0.2) is 31.8 Å². The standard InChI is InChI=1S/C18H20ClNO4/c19-14-4-1-3-13(9-14)17-7-6-15(24-17)10-20-18(21)12-22-11-16-5-2-8-23-16/h1,3-4,6-7,9,16H,2,5,8,10-12H2,(H,20,21)/t16-/m0/s1. The van der Waals surface area contributed by atoms with Crippen molar-refractivity contribution < 1.29 is 18.7 Å². The average Bonchev–Trinajstić information content (AvgIpc) is 3.25. The fraction of sp³-hybridized carbons (Fsp3) is 0.389. The topological polar surface area (TPSA) is 60.7 Å². The van der Waals surface area contributed by atoms with Crippen LogP contribution in [-0.2, 0) is 20.8 Å². The van der Waals surface area contributed by atoms with Crippen molar-refractivity contribution in [3.8, 4) is 11.3 Å². The molecule has 1 atom stereocenters. The number of halogens is 1. The van der Waals surface area contributed by atoms with Gasteiger partial charge in [-0.05, 0) is 37.1 Å². The number of hydrogen-bond donors (Lipinski definition) is 1. The molecule has 1 amide bonds. The molecule has 0 unspecified atom stereocenters. The van der Waals surface area contributed by atoms with Crippen LogP contribution >= 0.6 is 11.6 Å². The van der Waals surface area contributed by atoms with Crippen molar-refractivity contribution in [1.82, 2.24) is 5.32 Å². The molecular formula is C18H20ClNO4. The van der Waals surface area contributed by atoms with Crippen LogP contribution in [0.3, 0.4) is 0 Å². The van der Waals surface area contributed by atoms with Crippen molar-refractivity contribution in [3.05, 3.63) is 47.2 Å². The summed E-state index contributed by atoms with van der Waals surface area (Å²) in [5, 5.41) is 3.43. The van der Waals surface area contributed by atoms with Gasteiger partial charge in [-0.2, -0.15) is 0 Å². The summed E-state index contributed by atoms with van der Waals surface area (Å²) in [6, 6.07) is 11.1. The van der Waals surface area contributed by atoms with Crippen LogP contribution in [0.2, 0.25) is 5.02 Å². The van der Waals surface area contributed by atoms with Crippen molar-refractivity contribution in [3.63, 3.8) is 0 Å². The SMILES string of the molecule is O=C(COC[C@@H]1CCCO1)NCc1ccc(-c2cccc(Cl)c2)o1. The van der Waals surface area contributed by atoms with E-state index in [2.05, 4.69) is 5.32 Å². The number of carbonyl (C=O) groups excluding carboxylic acids is 1. The molecule has 2 heterocycles. The number of rotatable bonds is 7. The molecule has 1 aliphatic rings. The predicted octanol–water partition coefficient (Wildman–Crippen LogP) is 3.41. The normalized spacial score (nSPS) is 17.1. The first-order valence-corrected chi connectivity index (χ1v) is 8.39. The Morgan fingerprint density at radius 3 is 3.04 bits per heavy atom. The van der Waals surface area contributed by atoms with E-state index >= 15 is 0 Å². The molecule has 1 aromatic heterocycles. The molecule has 0 radical (unpaired) electrons. The van der Waals surface area contributed by atoms with Gasteiger partial charge in [0.25, 0.3) is 0 Å². The Morgan fingerprint density at radius 1 is 1.33 bits per heavy atom. The molecule has 6 heteroatoms. The Labute approximate surface area is 145 Å². The van der Waals surface area contributed by atoms with Crippen LogP contribution in [0.1, 0.15) is 18.6 Å². The van der Waals surface area contributed by atoms with Gasteiger partial charge in [0.15, 0.2) is 0 Å². The minimum atomic E-state index is -0.172. The molecule has 0 bridgehead atoms. The Hall–Kier alpha value is -1.82. The second-order valence-corrected chi connectivity index (χ2v) is 6.14. The highest BCUT2D eigenvalue weighted by molar-refractivity contribution is 6.30. The van der Waals surface area contributed by atoms with Crippen LogP contribution in [0, 0.1) is 0 Å². The maximum atomic E-state index is 11.8. The molecule has 5 nitrogen and oxygen atoms in total. The smallest absolute Gasteiger partial charge is 0.246 e. The average molecular weight is 350 g/mol. The highest BCUT2D eigenvalue weighted by atomic mass is 35.5. The van der Waals surface area contributed by atoms with Gasteiger partial charge < -0.3 is 19.2 Å². The van der Waals surface area contributed by atoms with Gasteiger partial charge in [0, 0.05) is 17.2 Å². The van der Waals surface area contributed by atoms with Gasteiger partial charge in [0.05, 0.1) is 19.3 Å². The fourth-order valence-corrected chi connectivity index (χ4v) is 2.76. The number of amides is 1. The molecule has 1 fully saturated rings. The molecule has 128 valence electrons. The summed E-state index contributed by atoms with van der Waals surface area (Å²) in [7, 11) is 0. The Morgan fingerprint density at radius 2 is 2.25 bits per heavy atom. The van der Waals surface area contributed by atoms with Crippen LogP contribution in [0.4, 0.5) is 0 Å². The summed E-state index contributed by atoms with van der Waals surface area (Å²) in [4.78, 5) is 11.8. The Balaban J connectivity index is 1.42. The number of nitrogens with one attached hydrogen (secondary N) is 1. The lowest BCUT2D eigenvalue weighted by Crippen LogP contribution is -2.28. The number of ether oxygens (including phenoxy) is 2. The van der Waals surface area contributed by atoms with Crippen molar-refractivity contribution in [1.29, 1.82) is 0 Å². The third kappa shape index (κ3) is 4.84. The molecule has 2 aromatic rings. The van der Waals surface area contributed by atoms with Crippen molar-refractivity contribution in [2.75, 3.05) is 19.8 Å². The van der Waals surface area contributed by atoms with E-state index in [1.807, 2.05) is 36.4 Å². The molecule has 1 N–H and O–H groups in total. The van der Waals surface area contributed by atoms with Crippen LogP contribution in [0.25, 0.3) is 11.3 Å². The van der Waals surface area contributed by atoms with E-state index in [-0.39, 0.29) is 18.6 Å². The summed E-state index contributed by atoms with van der Waals surface area (Å²) in [5.41, 5.74) is 0.903. The largest absolute Gasteiger partial charge is 0.459 e. The first-order chi connectivity index (χ1) is 11.7. The first-order valence-electron chi connectivity index (χ1n) is 8.01. The first kappa shape index (κ1) is 17.0. The Kier molecular flexibility index (Phi) is 5.91. The summed E-state index contributed by atoms with van der Waals surface area (Å²) in [6.07, 6.45) is 2.19. The lowest BCUT2D eigenvalue weighted by atomic mass is 10.2. The molecule has 0 aliphatic carbocycles. The van der Waals surface area contributed by atoms with E-state index in [9.17, 15) is 4.79 Å². The molecule has 24 heavy (non-hydrogen) atoms. The van der Waals surface area contributed by atoms with E-state index in [4.69, 9.17) is 25.5 Å². The summed E-state index contributed by atoms with van der Waals surface area (Å²) < 4.78 is 16.5. The molecule has 1 saturated heterocycles. The van der Waals surface area contributed by atoms with Gasteiger partial charge in [-0.15, -0.1) is 0 Å². The molecule has 3 rings (SSSR count). The van der Waals surface area contributed by atoms with E-state index in [0.29, 0.717) is 23.9 Å². The monoisotopic (exact) mass is 349 g/mol. The summed E-state index contributed by atoms with van der Waals surface area (Å²) in [5.74, 6) is 1.22. The lowest BCUT2D eigenvalue weighted by molar-refractivity contribution is -0.127. The zero-order valence-corrected chi connectivity index (χ0v) is 14.1. The van der Waals surface area contributed by atoms with Crippen LogP contribution in [0.15, 0.2) is 40.8 Å². The zero-order valence-electron chi connectivity index (χ0n) is 13.3. The van der Waals surface area contributed by atoms with E-state index in [1.54, 1.807) is 0 Å². The summed E-state index contributed by atoms with van der Waals surface area (Å²) in [6.45, 7) is 1.60. The molecule has 0 spiro atoms. The van der Waals surface area contributed by atoms with Gasteiger partial charge in [0.2, 0.25) is 5.91 Å². The zero-order chi connectivity index (χ0) is 16.8. The van der Waals surface area contributed by atoms with Crippen molar-refractivity contribution >= 4 is 17.5 Å². The highest BCUT2D eigenvalue weighted by Gasteiger charge is 2.16. The van der Waals surface area contributed by atoms with Crippen molar-refractivity contribution in [2.24, 2.45) is 0 Å². The summed E-state index contributed by atoms with van der Waals surface area (Å²) >= 11 is 5.98. The maximum Gasteiger partial charge on any atom is 0.246 e. The van der Waals surface area contributed by atoms with Crippen LogP contribution in [0.5, 0.6) is 0 Å². The maximum absolute atomic E-state index is 11.8. The molecular weight excluding hydrogens is 330 g/mol. The van der Waals surface area contributed by atoms with E-state index in [0.717, 1.165) is 30.8 Å². The third-order valence-corrected chi connectivity index (χ3v) is 4.03. The van der Waals surface area contributed by atoms with Gasteiger partial charge in [-0.25, -0.2) is 0 Å². The van der Waals surface area contributed by atoms with Crippen LogP contribution < -0.4 is 5.32 Å².